The van der Waals surface area contributed by atoms with Gasteiger partial charge in [-0.3, -0.25) is 9.59 Å². The SMILES string of the molecule is CC[C@H](C)NC(=O)Cn1nc(S(=O)(=O)c2cccc(F)c2)ccc1=O. The number of amides is 1. The van der Waals surface area contributed by atoms with E-state index in [1.807, 2.05) is 6.92 Å². The predicted octanol–water partition coefficient (Wildman–Crippen LogP) is 1.13. The largest absolute Gasteiger partial charge is 0.352 e. The van der Waals surface area contributed by atoms with Gasteiger partial charge >= 0.3 is 0 Å². The molecule has 0 spiro atoms. The van der Waals surface area contributed by atoms with Crippen molar-refractivity contribution in [3.63, 3.8) is 0 Å². The molecular formula is C16H18FN3O4S. The van der Waals surface area contributed by atoms with Crippen LogP contribution in [0, 0.1) is 5.82 Å². The minimum Gasteiger partial charge on any atom is -0.352 e. The van der Waals surface area contributed by atoms with E-state index in [2.05, 4.69) is 10.4 Å². The first kappa shape index (κ1) is 18.8. The van der Waals surface area contributed by atoms with Crippen molar-refractivity contribution in [2.75, 3.05) is 0 Å². The van der Waals surface area contributed by atoms with Gasteiger partial charge in [0.25, 0.3) is 5.56 Å². The van der Waals surface area contributed by atoms with Crippen molar-refractivity contribution in [2.24, 2.45) is 0 Å². The van der Waals surface area contributed by atoms with Crippen molar-refractivity contribution in [3.05, 3.63) is 52.6 Å². The number of benzene rings is 1. The van der Waals surface area contributed by atoms with Crippen LogP contribution in [0.15, 0.2) is 51.1 Å². The maximum Gasteiger partial charge on any atom is 0.267 e. The summed E-state index contributed by atoms with van der Waals surface area (Å²) in [4.78, 5) is 23.5. The number of nitrogens with one attached hydrogen (secondary N) is 1. The molecule has 0 radical (unpaired) electrons. The third kappa shape index (κ3) is 4.50. The molecule has 9 heteroatoms. The van der Waals surface area contributed by atoms with Crippen LogP contribution >= 0.6 is 0 Å². The summed E-state index contributed by atoms with van der Waals surface area (Å²) in [6.45, 7) is 3.29. The fourth-order valence-corrected chi connectivity index (χ4v) is 3.22. The van der Waals surface area contributed by atoms with Crippen molar-refractivity contribution in [1.82, 2.24) is 15.1 Å². The van der Waals surface area contributed by atoms with Crippen molar-refractivity contribution in [1.29, 1.82) is 0 Å². The Balaban J connectivity index is 2.35. The minimum atomic E-state index is -4.11. The second kappa shape index (κ2) is 7.56. The van der Waals surface area contributed by atoms with E-state index in [4.69, 9.17) is 0 Å². The fourth-order valence-electron chi connectivity index (χ4n) is 2.00. The van der Waals surface area contributed by atoms with Gasteiger partial charge < -0.3 is 5.32 Å². The van der Waals surface area contributed by atoms with Crippen LogP contribution < -0.4 is 10.9 Å². The normalized spacial score (nSPS) is 12.6. The van der Waals surface area contributed by atoms with E-state index in [0.29, 0.717) is 6.42 Å². The molecule has 0 saturated heterocycles. The summed E-state index contributed by atoms with van der Waals surface area (Å²) >= 11 is 0. The first-order valence-electron chi connectivity index (χ1n) is 7.62. The Bertz CT molecular complexity index is 940. The van der Waals surface area contributed by atoms with Gasteiger partial charge in [0, 0.05) is 12.1 Å². The van der Waals surface area contributed by atoms with Gasteiger partial charge in [0.15, 0.2) is 5.03 Å². The van der Waals surface area contributed by atoms with Gasteiger partial charge in [0.2, 0.25) is 15.7 Å². The van der Waals surface area contributed by atoms with Crippen LogP contribution in [-0.2, 0) is 21.2 Å². The molecular weight excluding hydrogens is 349 g/mol. The highest BCUT2D eigenvalue weighted by molar-refractivity contribution is 7.91. The van der Waals surface area contributed by atoms with Crippen LogP contribution in [0.1, 0.15) is 20.3 Å². The number of halogens is 1. The fraction of sp³-hybridized carbons (Fsp3) is 0.312. The smallest absolute Gasteiger partial charge is 0.267 e. The Labute approximate surface area is 144 Å². The molecule has 1 atom stereocenters. The number of carbonyl (C=O) groups is 1. The van der Waals surface area contributed by atoms with E-state index >= 15 is 0 Å². The van der Waals surface area contributed by atoms with E-state index in [1.165, 1.54) is 12.1 Å². The zero-order valence-electron chi connectivity index (χ0n) is 13.8. The number of nitrogens with zero attached hydrogens (tertiary/aromatic N) is 2. The topological polar surface area (TPSA) is 98.1 Å². The van der Waals surface area contributed by atoms with Crippen molar-refractivity contribution >= 4 is 15.7 Å². The molecule has 0 unspecified atom stereocenters. The molecule has 1 amide bonds. The Morgan fingerprint density at radius 1 is 1.32 bits per heavy atom. The van der Waals surface area contributed by atoms with Gasteiger partial charge in [-0.2, -0.15) is 5.10 Å². The molecule has 2 aromatic rings. The molecule has 0 saturated carbocycles. The number of rotatable bonds is 6. The monoisotopic (exact) mass is 367 g/mol. The Hall–Kier alpha value is -2.55. The van der Waals surface area contributed by atoms with Crippen LogP contribution in [0.3, 0.4) is 0 Å². The van der Waals surface area contributed by atoms with E-state index in [0.717, 1.165) is 28.9 Å². The molecule has 0 aliphatic carbocycles. The highest BCUT2D eigenvalue weighted by atomic mass is 32.2. The lowest BCUT2D eigenvalue weighted by molar-refractivity contribution is -0.122. The molecule has 0 aliphatic rings. The zero-order valence-corrected chi connectivity index (χ0v) is 14.6. The van der Waals surface area contributed by atoms with Crippen molar-refractivity contribution in [3.8, 4) is 0 Å². The van der Waals surface area contributed by atoms with Crippen LogP contribution in [0.25, 0.3) is 0 Å². The number of sulfone groups is 1. The second-order valence-corrected chi connectivity index (χ2v) is 7.40. The van der Waals surface area contributed by atoms with E-state index < -0.39 is 38.7 Å². The van der Waals surface area contributed by atoms with Crippen LogP contribution in [-0.4, -0.2) is 30.1 Å². The Morgan fingerprint density at radius 2 is 2.04 bits per heavy atom. The molecule has 134 valence electrons. The van der Waals surface area contributed by atoms with Crippen LogP contribution in [0.4, 0.5) is 4.39 Å². The van der Waals surface area contributed by atoms with E-state index in [9.17, 15) is 22.4 Å². The summed E-state index contributed by atoms with van der Waals surface area (Å²) < 4.78 is 39.1. The lowest BCUT2D eigenvalue weighted by Gasteiger charge is -2.12. The van der Waals surface area contributed by atoms with Gasteiger partial charge in [-0.15, -0.1) is 0 Å². The predicted molar refractivity (Wildman–Crippen MR) is 88.2 cm³/mol. The summed E-state index contributed by atoms with van der Waals surface area (Å²) in [5.74, 6) is -1.16. The van der Waals surface area contributed by atoms with Gasteiger partial charge in [0.1, 0.15) is 12.4 Å². The lowest BCUT2D eigenvalue weighted by atomic mass is 10.2. The summed E-state index contributed by atoms with van der Waals surface area (Å²) in [7, 11) is -4.11. The van der Waals surface area contributed by atoms with E-state index in [-0.39, 0.29) is 10.9 Å². The summed E-state index contributed by atoms with van der Waals surface area (Å²) in [6.07, 6.45) is 0.710. The number of carbonyl (C=O) groups excluding carboxylic acids is 1. The highest BCUT2D eigenvalue weighted by Gasteiger charge is 2.21. The highest BCUT2D eigenvalue weighted by Crippen LogP contribution is 2.18. The maximum atomic E-state index is 13.3. The number of aromatic nitrogens is 2. The summed E-state index contributed by atoms with van der Waals surface area (Å²) in [5, 5.41) is 5.98. The van der Waals surface area contributed by atoms with Crippen LogP contribution in [0.2, 0.25) is 0 Å². The van der Waals surface area contributed by atoms with Gasteiger partial charge in [-0.1, -0.05) is 13.0 Å². The molecule has 2 rings (SSSR count). The number of hydrogen-bond donors (Lipinski definition) is 1. The van der Waals surface area contributed by atoms with E-state index in [1.54, 1.807) is 6.92 Å². The first-order valence-corrected chi connectivity index (χ1v) is 9.10. The summed E-state index contributed by atoms with van der Waals surface area (Å²) in [6, 6.07) is 6.43. The number of hydrogen-bond acceptors (Lipinski definition) is 5. The zero-order chi connectivity index (χ0) is 18.6. The van der Waals surface area contributed by atoms with Gasteiger partial charge in [0.05, 0.1) is 4.90 Å². The molecule has 1 N–H and O–H groups in total. The molecule has 1 aromatic heterocycles. The minimum absolute atomic E-state index is 0.0811. The van der Waals surface area contributed by atoms with Gasteiger partial charge in [-0.05, 0) is 37.6 Å². The lowest BCUT2D eigenvalue weighted by Crippen LogP contribution is -2.38. The average Bonchev–Trinajstić information content (AvgIpc) is 2.56. The van der Waals surface area contributed by atoms with Crippen molar-refractivity contribution in [2.45, 2.75) is 42.8 Å². The molecule has 0 fully saturated rings. The molecule has 1 heterocycles. The molecule has 7 nitrogen and oxygen atoms in total. The molecule has 0 aliphatic heterocycles. The molecule has 25 heavy (non-hydrogen) atoms. The summed E-state index contributed by atoms with van der Waals surface area (Å²) in [5.41, 5.74) is -0.613. The standard InChI is InChI=1S/C16H18FN3O4S/c1-3-11(2)18-14(21)10-20-16(22)8-7-15(19-20)25(23,24)13-6-4-5-12(17)9-13/h4-9,11H,3,10H2,1-2H3,(H,18,21)/t11-/m0/s1. The van der Waals surface area contributed by atoms with Crippen molar-refractivity contribution < 1.29 is 17.6 Å². The van der Waals surface area contributed by atoms with Gasteiger partial charge in [-0.25, -0.2) is 17.5 Å². The average molecular weight is 367 g/mol. The molecule has 1 aromatic carbocycles. The Morgan fingerprint density at radius 3 is 2.68 bits per heavy atom. The maximum absolute atomic E-state index is 13.3. The van der Waals surface area contributed by atoms with Crippen LogP contribution in [0.5, 0.6) is 0 Å². The quantitative estimate of drug-likeness (QED) is 0.825. The second-order valence-electron chi connectivity index (χ2n) is 5.51. The first-order chi connectivity index (χ1) is 11.7. The molecule has 0 bridgehead atoms. The third-order valence-electron chi connectivity index (χ3n) is 3.54. The third-order valence-corrected chi connectivity index (χ3v) is 5.18. The Kier molecular flexibility index (Phi) is 5.68.